The molecule has 2 nitrogen and oxygen atoms in total. The minimum Gasteiger partial charge on any atom is -0.497 e. The van der Waals surface area contributed by atoms with Gasteiger partial charge in [0.25, 0.3) is 0 Å². The lowest BCUT2D eigenvalue weighted by Gasteiger charge is -2.25. The molecule has 2 atom stereocenters. The summed E-state index contributed by atoms with van der Waals surface area (Å²) in [4.78, 5) is 0. The molecule has 22 heavy (non-hydrogen) atoms. The highest BCUT2D eigenvalue weighted by molar-refractivity contribution is 8.00. The summed E-state index contributed by atoms with van der Waals surface area (Å²) in [6, 6.07) is 16.8. The van der Waals surface area contributed by atoms with Gasteiger partial charge in [-0.3, -0.25) is 0 Å². The quantitative estimate of drug-likeness (QED) is 0.725. The summed E-state index contributed by atoms with van der Waals surface area (Å²) in [6.45, 7) is 0. The second kappa shape index (κ2) is 6.93. The molecule has 0 radical (unpaired) electrons. The molecular formula is C19H20O2S. The average Bonchev–Trinajstić information content (AvgIpc) is 2.62. The van der Waals surface area contributed by atoms with E-state index in [1.165, 1.54) is 11.1 Å². The Kier molecular flexibility index (Phi) is 4.74. The van der Waals surface area contributed by atoms with Gasteiger partial charge in [-0.2, -0.15) is 0 Å². The molecule has 3 rings (SSSR count). The number of ether oxygens (including phenoxy) is 2. The molecule has 1 heterocycles. The lowest BCUT2D eigenvalue weighted by atomic mass is 10.1. The molecule has 2 aromatic carbocycles. The van der Waals surface area contributed by atoms with Crippen molar-refractivity contribution in [2.24, 2.45) is 0 Å². The molecule has 0 amide bonds. The molecule has 0 spiro atoms. The Bertz CT molecular complexity index is 631. The molecule has 2 aromatic rings. The topological polar surface area (TPSA) is 18.5 Å². The highest BCUT2D eigenvalue weighted by atomic mass is 32.2. The summed E-state index contributed by atoms with van der Waals surface area (Å²) in [6.07, 6.45) is 5.66. The minimum absolute atomic E-state index is 0.395. The minimum atomic E-state index is 0.395. The van der Waals surface area contributed by atoms with Gasteiger partial charge in [-0.05, 0) is 41.8 Å². The van der Waals surface area contributed by atoms with Crippen LogP contribution in [0.1, 0.15) is 28.0 Å². The van der Waals surface area contributed by atoms with E-state index in [0.29, 0.717) is 10.5 Å². The molecular weight excluding hydrogens is 292 g/mol. The molecule has 3 heteroatoms. The average molecular weight is 312 g/mol. The van der Waals surface area contributed by atoms with Crippen molar-refractivity contribution in [1.82, 2.24) is 0 Å². The van der Waals surface area contributed by atoms with E-state index in [0.717, 1.165) is 17.9 Å². The number of allylic oxidation sites excluding steroid dienone is 1. The van der Waals surface area contributed by atoms with E-state index >= 15 is 0 Å². The summed E-state index contributed by atoms with van der Waals surface area (Å²) in [7, 11) is 3.40. The van der Waals surface area contributed by atoms with Crippen molar-refractivity contribution in [1.29, 1.82) is 0 Å². The van der Waals surface area contributed by atoms with Gasteiger partial charge in [0.2, 0.25) is 0 Å². The van der Waals surface area contributed by atoms with Gasteiger partial charge in [0.05, 0.1) is 14.2 Å². The molecule has 0 N–H and O–H groups in total. The fourth-order valence-electron chi connectivity index (χ4n) is 2.62. The van der Waals surface area contributed by atoms with Gasteiger partial charge in [0.1, 0.15) is 11.5 Å². The van der Waals surface area contributed by atoms with Gasteiger partial charge < -0.3 is 9.47 Å². The third-order valence-corrected chi connectivity index (χ3v) is 5.42. The molecule has 1 aliphatic heterocycles. The Morgan fingerprint density at radius 1 is 0.818 bits per heavy atom. The zero-order valence-electron chi connectivity index (χ0n) is 12.9. The van der Waals surface area contributed by atoms with Gasteiger partial charge in [0, 0.05) is 10.5 Å². The maximum Gasteiger partial charge on any atom is 0.118 e. The van der Waals surface area contributed by atoms with Crippen LogP contribution in [0.2, 0.25) is 0 Å². The van der Waals surface area contributed by atoms with E-state index < -0.39 is 0 Å². The number of methoxy groups -OCH3 is 2. The number of rotatable bonds is 4. The summed E-state index contributed by atoms with van der Waals surface area (Å²) in [5, 5.41) is 0.884. The van der Waals surface area contributed by atoms with Crippen LogP contribution in [0.5, 0.6) is 11.5 Å². The van der Waals surface area contributed by atoms with Crippen molar-refractivity contribution >= 4 is 11.8 Å². The first-order chi connectivity index (χ1) is 10.8. The summed E-state index contributed by atoms with van der Waals surface area (Å²) < 4.78 is 10.5. The molecule has 0 aromatic heterocycles. The first-order valence-electron chi connectivity index (χ1n) is 7.40. The molecule has 2 unspecified atom stereocenters. The first kappa shape index (κ1) is 15.0. The molecule has 0 saturated carbocycles. The Morgan fingerprint density at radius 2 is 1.36 bits per heavy atom. The lowest BCUT2D eigenvalue weighted by Crippen LogP contribution is -2.02. The van der Waals surface area contributed by atoms with Crippen LogP contribution in [0.4, 0.5) is 0 Å². The largest absolute Gasteiger partial charge is 0.497 e. The fourth-order valence-corrected chi connectivity index (χ4v) is 4.03. The van der Waals surface area contributed by atoms with E-state index in [9.17, 15) is 0 Å². The number of hydrogen-bond acceptors (Lipinski definition) is 3. The molecule has 0 saturated heterocycles. The Morgan fingerprint density at radius 3 is 1.91 bits per heavy atom. The van der Waals surface area contributed by atoms with E-state index in [1.807, 2.05) is 36.0 Å². The maximum atomic E-state index is 5.24. The van der Waals surface area contributed by atoms with Crippen molar-refractivity contribution in [3.63, 3.8) is 0 Å². The predicted molar refractivity (Wildman–Crippen MR) is 92.8 cm³/mol. The van der Waals surface area contributed by atoms with Crippen molar-refractivity contribution in [3.8, 4) is 11.5 Å². The van der Waals surface area contributed by atoms with E-state index in [1.54, 1.807) is 14.2 Å². The van der Waals surface area contributed by atoms with Gasteiger partial charge in [0.15, 0.2) is 0 Å². The van der Waals surface area contributed by atoms with Crippen LogP contribution >= 0.6 is 11.8 Å². The second-order valence-corrected chi connectivity index (χ2v) is 6.60. The second-order valence-electron chi connectivity index (χ2n) is 5.26. The zero-order chi connectivity index (χ0) is 15.4. The van der Waals surface area contributed by atoms with Crippen LogP contribution in [-0.4, -0.2) is 14.2 Å². The van der Waals surface area contributed by atoms with E-state index in [4.69, 9.17) is 9.47 Å². The van der Waals surface area contributed by atoms with Crippen molar-refractivity contribution in [3.05, 3.63) is 71.8 Å². The smallest absolute Gasteiger partial charge is 0.118 e. The zero-order valence-corrected chi connectivity index (χ0v) is 13.7. The summed E-state index contributed by atoms with van der Waals surface area (Å²) in [5.41, 5.74) is 2.67. The van der Waals surface area contributed by atoms with Gasteiger partial charge >= 0.3 is 0 Å². The summed E-state index contributed by atoms with van der Waals surface area (Å²) in [5.74, 6) is 1.81. The van der Waals surface area contributed by atoms with Crippen LogP contribution < -0.4 is 9.47 Å². The highest BCUT2D eigenvalue weighted by Gasteiger charge is 2.21. The SMILES string of the molecule is COc1ccc(C2C=CCC(c3ccc(OC)cc3)S2)cc1. The Hall–Kier alpha value is -1.87. The summed E-state index contributed by atoms with van der Waals surface area (Å²) >= 11 is 2.00. The monoisotopic (exact) mass is 312 g/mol. The molecule has 0 fully saturated rings. The maximum absolute atomic E-state index is 5.24. The van der Waals surface area contributed by atoms with E-state index in [-0.39, 0.29) is 0 Å². The molecule has 0 bridgehead atoms. The van der Waals surface area contributed by atoms with Gasteiger partial charge in [-0.1, -0.05) is 36.4 Å². The lowest BCUT2D eigenvalue weighted by molar-refractivity contribution is 0.414. The normalized spacial score (nSPS) is 20.6. The van der Waals surface area contributed by atoms with Crippen molar-refractivity contribution in [2.45, 2.75) is 16.9 Å². The molecule has 114 valence electrons. The molecule has 0 aliphatic carbocycles. The Balaban J connectivity index is 1.75. The van der Waals surface area contributed by atoms with Gasteiger partial charge in [-0.25, -0.2) is 0 Å². The standard InChI is InChI=1S/C19H20O2S/c1-20-16-10-6-14(7-11-16)18-4-3-5-19(22-18)15-8-12-17(21-2)13-9-15/h3-4,6-13,18-19H,5H2,1-2H3. The van der Waals surface area contributed by atoms with Crippen LogP contribution in [0.3, 0.4) is 0 Å². The van der Waals surface area contributed by atoms with Gasteiger partial charge in [-0.15, -0.1) is 11.8 Å². The first-order valence-corrected chi connectivity index (χ1v) is 8.34. The van der Waals surface area contributed by atoms with Crippen molar-refractivity contribution < 1.29 is 9.47 Å². The third-order valence-electron chi connectivity index (χ3n) is 3.90. The van der Waals surface area contributed by atoms with Crippen LogP contribution in [0.15, 0.2) is 60.7 Å². The van der Waals surface area contributed by atoms with Crippen molar-refractivity contribution in [2.75, 3.05) is 14.2 Å². The fraction of sp³-hybridized carbons (Fsp3) is 0.263. The van der Waals surface area contributed by atoms with Crippen LogP contribution in [-0.2, 0) is 0 Å². The predicted octanol–water partition coefficient (Wildman–Crippen LogP) is 5.18. The Labute approximate surface area is 136 Å². The van der Waals surface area contributed by atoms with Crippen LogP contribution in [0.25, 0.3) is 0 Å². The van der Waals surface area contributed by atoms with Crippen LogP contribution in [0, 0.1) is 0 Å². The number of benzene rings is 2. The highest BCUT2D eigenvalue weighted by Crippen LogP contribution is 2.47. The third kappa shape index (κ3) is 3.30. The number of hydrogen-bond donors (Lipinski definition) is 0. The molecule has 1 aliphatic rings. The van der Waals surface area contributed by atoms with E-state index in [2.05, 4.69) is 36.4 Å². The number of thioether (sulfide) groups is 1.